The molecule has 3 heteroatoms. The van der Waals surface area contributed by atoms with Gasteiger partial charge in [-0.15, -0.1) is 0 Å². The van der Waals surface area contributed by atoms with E-state index in [2.05, 4.69) is 42.3 Å². The van der Waals surface area contributed by atoms with Gasteiger partial charge in [-0.25, -0.2) is 0 Å². The lowest BCUT2D eigenvalue weighted by Gasteiger charge is -2.39. The van der Waals surface area contributed by atoms with E-state index < -0.39 is 0 Å². The number of piperazine rings is 1. The Morgan fingerprint density at radius 2 is 2.10 bits per heavy atom. The lowest BCUT2D eigenvalue weighted by atomic mass is 10.1. The van der Waals surface area contributed by atoms with Gasteiger partial charge in [-0.05, 0) is 25.0 Å². The molecule has 1 N–H and O–H groups in total. The predicted octanol–water partition coefficient (Wildman–Crippen LogP) is 3.40. The van der Waals surface area contributed by atoms with Crippen LogP contribution in [0.1, 0.15) is 32.4 Å². The molecule has 3 nitrogen and oxygen atoms in total. The molecule has 0 bridgehead atoms. The highest BCUT2D eigenvalue weighted by molar-refractivity contribution is 5.77. The van der Waals surface area contributed by atoms with Crippen LogP contribution in [0.2, 0.25) is 0 Å². The summed E-state index contributed by atoms with van der Waals surface area (Å²) in [7, 11) is 0. The van der Waals surface area contributed by atoms with Crippen LogP contribution >= 0.6 is 0 Å². The van der Waals surface area contributed by atoms with E-state index in [-0.39, 0.29) is 0 Å². The van der Waals surface area contributed by atoms with Crippen molar-refractivity contribution in [2.24, 2.45) is 0 Å². The van der Waals surface area contributed by atoms with E-state index in [0.29, 0.717) is 12.1 Å². The van der Waals surface area contributed by atoms with Gasteiger partial charge in [0.1, 0.15) is 11.3 Å². The zero-order chi connectivity index (χ0) is 13.9. The molecular weight excluding hydrogens is 248 g/mol. The van der Waals surface area contributed by atoms with Crippen molar-refractivity contribution in [1.29, 1.82) is 0 Å². The first-order valence-corrected chi connectivity index (χ1v) is 7.75. The first kappa shape index (κ1) is 13.7. The van der Waals surface area contributed by atoms with Crippen molar-refractivity contribution in [2.75, 3.05) is 13.1 Å². The van der Waals surface area contributed by atoms with E-state index in [1.165, 1.54) is 18.2 Å². The fourth-order valence-corrected chi connectivity index (χ4v) is 3.11. The van der Waals surface area contributed by atoms with Crippen molar-refractivity contribution in [1.82, 2.24) is 10.2 Å². The fourth-order valence-electron chi connectivity index (χ4n) is 3.11. The van der Waals surface area contributed by atoms with E-state index >= 15 is 0 Å². The molecule has 3 rings (SSSR count). The highest BCUT2D eigenvalue weighted by Crippen LogP contribution is 2.22. The number of fused-ring (bicyclic) bond motifs is 1. The maximum absolute atomic E-state index is 5.97. The summed E-state index contributed by atoms with van der Waals surface area (Å²) in [5, 5.41) is 4.85. The lowest BCUT2D eigenvalue weighted by molar-refractivity contribution is 0.110. The van der Waals surface area contributed by atoms with Crippen LogP contribution in [-0.4, -0.2) is 30.1 Å². The maximum Gasteiger partial charge on any atom is 0.134 e. The molecule has 1 aliphatic heterocycles. The van der Waals surface area contributed by atoms with Crippen molar-refractivity contribution in [3.8, 4) is 0 Å². The second-order valence-corrected chi connectivity index (χ2v) is 5.76. The highest BCUT2D eigenvalue weighted by Gasteiger charge is 2.26. The summed E-state index contributed by atoms with van der Waals surface area (Å²) in [6.45, 7) is 7.65. The van der Waals surface area contributed by atoms with Gasteiger partial charge in [0.15, 0.2) is 0 Å². The molecule has 0 spiro atoms. The van der Waals surface area contributed by atoms with Crippen molar-refractivity contribution in [3.05, 3.63) is 36.1 Å². The van der Waals surface area contributed by atoms with Crippen molar-refractivity contribution < 1.29 is 4.42 Å². The number of benzene rings is 1. The minimum absolute atomic E-state index is 0.613. The van der Waals surface area contributed by atoms with E-state index in [1.807, 2.05) is 12.1 Å². The van der Waals surface area contributed by atoms with Gasteiger partial charge in [0.05, 0.1) is 6.54 Å². The number of furan rings is 1. The van der Waals surface area contributed by atoms with Gasteiger partial charge < -0.3 is 9.73 Å². The van der Waals surface area contributed by atoms with Crippen molar-refractivity contribution in [3.63, 3.8) is 0 Å². The molecule has 0 amide bonds. The number of nitrogens with zero attached hydrogens (tertiary/aromatic N) is 1. The summed E-state index contributed by atoms with van der Waals surface area (Å²) in [5.74, 6) is 1.08. The minimum Gasteiger partial charge on any atom is -0.460 e. The summed E-state index contributed by atoms with van der Waals surface area (Å²) in [5.41, 5.74) is 0.998. The first-order chi connectivity index (χ1) is 9.80. The molecular formula is C17H24N2O. The molecule has 1 aromatic heterocycles. The third kappa shape index (κ3) is 2.74. The Balaban J connectivity index is 1.76. The Bertz CT molecular complexity index is 530. The Kier molecular flexibility index (Phi) is 4.08. The maximum atomic E-state index is 5.97. The molecule has 1 fully saturated rings. The third-order valence-corrected chi connectivity index (χ3v) is 4.41. The number of nitrogens with one attached hydrogen (secondary N) is 1. The van der Waals surface area contributed by atoms with Gasteiger partial charge >= 0.3 is 0 Å². The molecule has 0 radical (unpaired) electrons. The number of para-hydroxylation sites is 1. The Labute approximate surface area is 120 Å². The molecule has 1 aliphatic rings. The lowest BCUT2D eigenvalue weighted by Crippen LogP contribution is -2.55. The monoisotopic (exact) mass is 272 g/mol. The molecule has 20 heavy (non-hydrogen) atoms. The largest absolute Gasteiger partial charge is 0.460 e. The van der Waals surface area contributed by atoms with Gasteiger partial charge in [-0.2, -0.15) is 0 Å². The average Bonchev–Trinajstić information content (AvgIpc) is 2.89. The van der Waals surface area contributed by atoms with Crippen LogP contribution in [-0.2, 0) is 6.54 Å². The molecule has 1 saturated heterocycles. The Hall–Kier alpha value is -1.32. The van der Waals surface area contributed by atoms with Gasteiger partial charge in [0.2, 0.25) is 0 Å². The quantitative estimate of drug-likeness (QED) is 0.924. The average molecular weight is 272 g/mol. The van der Waals surface area contributed by atoms with E-state index in [9.17, 15) is 0 Å². The van der Waals surface area contributed by atoms with Crippen LogP contribution in [0.15, 0.2) is 34.7 Å². The van der Waals surface area contributed by atoms with Gasteiger partial charge in [0, 0.05) is 30.6 Å². The fraction of sp³-hybridized carbons (Fsp3) is 0.529. The standard InChI is InChI=1S/C17H24N2O/c1-3-14-11-19(15(4-2)10-18-14)12-16-9-13-7-5-6-8-17(13)20-16/h5-9,14-15,18H,3-4,10-12H2,1-2H3. The summed E-state index contributed by atoms with van der Waals surface area (Å²) >= 11 is 0. The second-order valence-electron chi connectivity index (χ2n) is 5.76. The Morgan fingerprint density at radius 3 is 2.85 bits per heavy atom. The van der Waals surface area contributed by atoms with Crippen LogP contribution in [0.5, 0.6) is 0 Å². The molecule has 2 aromatic rings. The zero-order valence-electron chi connectivity index (χ0n) is 12.4. The number of hydrogen-bond acceptors (Lipinski definition) is 3. The molecule has 2 atom stereocenters. The van der Waals surface area contributed by atoms with Gasteiger partial charge in [-0.1, -0.05) is 32.0 Å². The summed E-state index contributed by atoms with van der Waals surface area (Å²) in [6.07, 6.45) is 2.37. The van der Waals surface area contributed by atoms with Crippen LogP contribution in [0, 0.1) is 0 Å². The topological polar surface area (TPSA) is 28.4 Å². The van der Waals surface area contributed by atoms with Crippen LogP contribution in [0.25, 0.3) is 11.0 Å². The normalized spacial score (nSPS) is 24.3. The highest BCUT2D eigenvalue weighted by atomic mass is 16.3. The van der Waals surface area contributed by atoms with E-state index in [4.69, 9.17) is 4.42 Å². The zero-order valence-corrected chi connectivity index (χ0v) is 12.4. The van der Waals surface area contributed by atoms with Gasteiger partial charge in [-0.3, -0.25) is 4.90 Å². The summed E-state index contributed by atoms with van der Waals surface area (Å²) in [6, 6.07) is 11.7. The number of hydrogen-bond donors (Lipinski definition) is 1. The second kappa shape index (κ2) is 5.98. The van der Waals surface area contributed by atoms with Crippen molar-refractivity contribution >= 4 is 11.0 Å². The summed E-state index contributed by atoms with van der Waals surface area (Å²) in [4.78, 5) is 2.57. The van der Waals surface area contributed by atoms with Gasteiger partial charge in [0.25, 0.3) is 0 Å². The van der Waals surface area contributed by atoms with E-state index in [1.54, 1.807) is 0 Å². The SMILES string of the molecule is CCC1CN(Cc2cc3ccccc3o2)C(CC)CN1. The minimum atomic E-state index is 0.613. The van der Waals surface area contributed by atoms with Crippen molar-refractivity contribution in [2.45, 2.75) is 45.3 Å². The third-order valence-electron chi connectivity index (χ3n) is 4.41. The smallest absolute Gasteiger partial charge is 0.134 e. The first-order valence-electron chi connectivity index (χ1n) is 7.75. The molecule has 108 valence electrons. The molecule has 2 heterocycles. The van der Waals surface area contributed by atoms with Crippen LogP contribution in [0.3, 0.4) is 0 Å². The molecule has 0 saturated carbocycles. The molecule has 1 aromatic carbocycles. The van der Waals surface area contributed by atoms with Crippen LogP contribution in [0.4, 0.5) is 0 Å². The Morgan fingerprint density at radius 1 is 1.25 bits per heavy atom. The summed E-state index contributed by atoms with van der Waals surface area (Å²) < 4.78 is 5.97. The molecule has 2 unspecified atom stereocenters. The predicted molar refractivity (Wildman–Crippen MR) is 82.8 cm³/mol. The number of rotatable bonds is 4. The van der Waals surface area contributed by atoms with Crippen LogP contribution < -0.4 is 5.32 Å². The van der Waals surface area contributed by atoms with E-state index in [0.717, 1.165) is 31.0 Å². The molecule has 0 aliphatic carbocycles.